The first-order valence-corrected chi connectivity index (χ1v) is 7.84. The maximum absolute atomic E-state index is 13.1. The number of amides is 2. The Labute approximate surface area is 141 Å². The smallest absolute Gasteiger partial charge is 0.264 e. The molecule has 2 aromatic rings. The molecule has 1 fully saturated rings. The van der Waals surface area contributed by atoms with Gasteiger partial charge in [0.2, 0.25) is 11.8 Å². The summed E-state index contributed by atoms with van der Waals surface area (Å²) in [7, 11) is 5.49. The quantitative estimate of drug-likeness (QED) is 0.315. The summed E-state index contributed by atoms with van der Waals surface area (Å²) in [6, 6.07) is 1.12. The van der Waals surface area contributed by atoms with Gasteiger partial charge in [-0.15, -0.1) is 0 Å². The summed E-state index contributed by atoms with van der Waals surface area (Å²) in [6.45, 7) is 1.69. The number of anilines is 1. The number of nitrogen functional groups attached to an aromatic ring is 1. The van der Waals surface area contributed by atoms with Crippen molar-refractivity contribution in [1.82, 2.24) is 14.9 Å². The summed E-state index contributed by atoms with van der Waals surface area (Å²) in [5, 5.41) is 2.63. The maximum atomic E-state index is 13.1. The van der Waals surface area contributed by atoms with Crippen LogP contribution in [0.2, 0.25) is 5.82 Å². The van der Waals surface area contributed by atoms with E-state index < -0.39 is 11.9 Å². The summed E-state index contributed by atoms with van der Waals surface area (Å²) >= 11 is 0. The van der Waals surface area contributed by atoms with Gasteiger partial charge in [0.1, 0.15) is 35.4 Å². The molecule has 0 aliphatic carbocycles. The highest BCUT2D eigenvalue weighted by atomic mass is 16.2. The molecular weight excluding hydrogens is 305 g/mol. The molecule has 1 aromatic heterocycles. The minimum atomic E-state index is -0.771. The predicted molar refractivity (Wildman–Crippen MR) is 101 cm³/mol. The molecule has 3 rings (SSSR count). The maximum Gasteiger partial charge on any atom is 0.264 e. The van der Waals surface area contributed by atoms with Crippen LogP contribution in [-0.2, 0) is 9.59 Å². The molecule has 0 radical (unpaired) electrons. The van der Waals surface area contributed by atoms with Crippen LogP contribution in [0.1, 0.15) is 18.3 Å². The number of aromatic nitrogens is 2. The van der Waals surface area contributed by atoms with Gasteiger partial charge in [-0.3, -0.25) is 24.3 Å². The van der Waals surface area contributed by atoms with E-state index in [4.69, 9.17) is 5.73 Å². The Morgan fingerprint density at radius 2 is 1.96 bits per heavy atom. The van der Waals surface area contributed by atoms with Crippen LogP contribution < -0.4 is 27.5 Å². The highest BCUT2D eigenvalue weighted by Crippen LogP contribution is 2.28. The number of nitrogens with one attached hydrogen (secondary N) is 1. The molecule has 2 amide bonds. The van der Waals surface area contributed by atoms with Crippen molar-refractivity contribution in [3.8, 4) is 0 Å². The summed E-state index contributed by atoms with van der Waals surface area (Å²) < 4.78 is 1.37. The number of hydrogen-bond donors (Lipinski definition) is 2. The van der Waals surface area contributed by atoms with E-state index in [1.807, 2.05) is 21.8 Å². The molecule has 0 saturated carbocycles. The molecule has 1 aromatic carbocycles. The Morgan fingerprint density at radius 3 is 2.58 bits per heavy atom. The van der Waals surface area contributed by atoms with Crippen LogP contribution in [0.25, 0.3) is 10.9 Å². The monoisotopic (exact) mass is 322 g/mol. The summed E-state index contributed by atoms with van der Waals surface area (Å²) in [5.41, 5.74) is 8.36. The number of nitrogens with two attached hydrogens (primary N) is 1. The third kappa shape index (κ3) is 2.33. The van der Waals surface area contributed by atoms with Crippen LogP contribution in [0, 0.1) is 6.92 Å². The standard InChI is InChI=1S/C14H17B3N4O3/c1-4-19-11-6(16)2-5(15)10(18)9(11)14(24)21(4)12-7(17)3-8(22)20-13(12)23/h2,7,12H,3,15-18H2,1H3,(H,20,22,23). The van der Waals surface area contributed by atoms with Crippen molar-refractivity contribution < 1.29 is 9.59 Å². The highest BCUT2D eigenvalue weighted by molar-refractivity contribution is 6.45. The normalized spacial score (nSPS) is 21.0. The second kappa shape index (κ2) is 5.54. The van der Waals surface area contributed by atoms with Gasteiger partial charge in [-0.1, -0.05) is 17.0 Å². The Morgan fingerprint density at radius 1 is 1.29 bits per heavy atom. The van der Waals surface area contributed by atoms with E-state index in [9.17, 15) is 14.4 Å². The lowest BCUT2D eigenvalue weighted by Crippen LogP contribution is -2.48. The zero-order valence-corrected chi connectivity index (χ0v) is 14.1. The number of rotatable bonds is 1. The SMILES string of the molecule is Bc1cc(B)c2nc(C)n(C3C(=O)NC(=O)CC3B)c(=O)c2c1N. The number of carbonyl (C=O) groups excluding carboxylic acids is 2. The molecule has 10 heteroatoms. The summed E-state index contributed by atoms with van der Waals surface area (Å²) in [5.74, 6) is -0.670. The number of fused-ring (bicyclic) bond motifs is 1. The number of hydrogen-bond acceptors (Lipinski definition) is 5. The van der Waals surface area contributed by atoms with E-state index in [-0.39, 0.29) is 23.7 Å². The van der Waals surface area contributed by atoms with Crippen molar-refractivity contribution >= 4 is 62.9 Å². The van der Waals surface area contributed by atoms with Gasteiger partial charge in [0, 0.05) is 12.1 Å². The van der Waals surface area contributed by atoms with E-state index in [1.165, 1.54) is 4.57 Å². The number of nitrogens with zero attached hydrogens (tertiary/aromatic N) is 2. The van der Waals surface area contributed by atoms with Crippen LogP contribution in [0.5, 0.6) is 0 Å². The third-order valence-electron chi connectivity index (χ3n) is 4.65. The van der Waals surface area contributed by atoms with Gasteiger partial charge in [-0.2, -0.15) is 0 Å². The number of imide groups is 1. The number of carbonyl (C=O) groups is 2. The number of aryl methyl sites for hydroxylation is 1. The van der Waals surface area contributed by atoms with E-state index in [0.29, 0.717) is 22.4 Å². The Kier molecular flexibility index (Phi) is 3.78. The van der Waals surface area contributed by atoms with Crippen molar-refractivity contribution in [2.24, 2.45) is 0 Å². The van der Waals surface area contributed by atoms with Crippen LogP contribution in [0.3, 0.4) is 0 Å². The molecule has 1 aliphatic heterocycles. The molecule has 24 heavy (non-hydrogen) atoms. The van der Waals surface area contributed by atoms with Gasteiger partial charge < -0.3 is 5.73 Å². The van der Waals surface area contributed by atoms with Crippen LogP contribution in [0.15, 0.2) is 10.9 Å². The average molecular weight is 322 g/mol. The molecule has 2 atom stereocenters. The molecular formula is C14H17B3N4O3. The summed E-state index contributed by atoms with van der Waals surface area (Å²) in [4.78, 5) is 41.5. The summed E-state index contributed by atoms with van der Waals surface area (Å²) in [6.07, 6.45) is 0.183. The number of piperidine rings is 1. The topological polar surface area (TPSA) is 107 Å². The molecule has 1 saturated heterocycles. The van der Waals surface area contributed by atoms with Gasteiger partial charge in [-0.25, -0.2) is 4.98 Å². The van der Waals surface area contributed by atoms with Crippen molar-refractivity contribution in [2.45, 2.75) is 25.2 Å². The van der Waals surface area contributed by atoms with Crippen molar-refractivity contribution in [3.63, 3.8) is 0 Å². The third-order valence-corrected chi connectivity index (χ3v) is 4.65. The lowest BCUT2D eigenvalue weighted by atomic mass is 9.75. The second-order valence-corrected chi connectivity index (χ2v) is 6.52. The predicted octanol–water partition coefficient (Wildman–Crippen LogP) is -4.19. The van der Waals surface area contributed by atoms with E-state index >= 15 is 0 Å². The van der Waals surface area contributed by atoms with Crippen molar-refractivity contribution in [1.29, 1.82) is 0 Å². The van der Waals surface area contributed by atoms with Crippen molar-refractivity contribution in [2.75, 3.05) is 5.73 Å². The highest BCUT2D eigenvalue weighted by Gasteiger charge is 2.36. The van der Waals surface area contributed by atoms with Gasteiger partial charge >= 0.3 is 0 Å². The lowest BCUT2D eigenvalue weighted by Gasteiger charge is -2.30. The minimum Gasteiger partial charge on any atom is -0.398 e. The Bertz CT molecular complexity index is 957. The van der Waals surface area contributed by atoms with Crippen LogP contribution >= 0.6 is 0 Å². The van der Waals surface area contributed by atoms with Gasteiger partial charge in [0.05, 0.1) is 10.9 Å². The zero-order valence-electron chi connectivity index (χ0n) is 14.1. The van der Waals surface area contributed by atoms with Crippen LogP contribution in [0.4, 0.5) is 5.69 Å². The van der Waals surface area contributed by atoms with Gasteiger partial charge in [0.25, 0.3) is 5.56 Å². The van der Waals surface area contributed by atoms with E-state index in [0.717, 1.165) is 10.9 Å². The number of benzene rings is 1. The van der Waals surface area contributed by atoms with Crippen LogP contribution in [-0.4, -0.2) is 44.9 Å². The fraction of sp³-hybridized carbons (Fsp3) is 0.286. The Balaban J connectivity index is 2.34. The first-order chi connectivity index (χ1) is 11.2. The van der Waals surface area contributed by atoms with Gasteiger partial charge in [-0.05, 0) is 12.7 Å². The molecule has 1 aliphatic rings. The fourth-order valence-electron chi connectivity index (χ4n) is 3.46. The minimum absolute atomic E-state index is 0.183. The molecule has 0 spiro atoms. The Hall–Kier alpha value is -2.51. The lowest BCUT2D eigenvalue weighted by molar-refractivity contribution is -0.135. The molecule has 120 valence electrons. The van der Waals surface area contributed by atoms with Crippen molar-refractivity contribution in [3.05, 3.63) is 22.2 Å². The molecule has 2 unspecified atom stereocenters. The molecule has 2 heterocycles. The zero-order chi connectivity index (χ0) is 17.8. The molecule has 3 N–H and O–H groups in total. The second-order valence-electron chi connectivity index (χ2n) is 6.52. The molecule has 0 bridgehead atoms. The first kappa shape index (κ1) is 16.4. The fourth-order valence-corrected chi connectivity index (χ4v) is 3.46. The largest absolute Gasteiger partial charge is 0.398 e. The molecule has 7 nitrogen and oxygen atoms in total. The van der Waals surface area contributed by atoms with E-state index in [2.05, 4.69) is 10.3 Å². The van der Waals surface area contributed by atoms with Gasteiger partial charge in [0.15, 0.2) is 0 Å². The first-order valence-electron chi connectivity index (χ1n) is 7.84. The van der Waals surface area contributed by atoms with E-state index in [1.54, 1.807) is 14.8 Å². The average Bonchev–Trinajstić information content (AvgIpc) is 2.46.